The monoisotopic (exact) mass is 381 g/mol. The number of nitrogens with one attached hydrogen (secondary N) is 1. The van der Waals surface area contributed by atoms with Gasteiger partial charge in [0, 0.05) is 16.6 Å². The zero-order valence-electron chi connectivity index (χ0n) is 16.2. The second-order valence-electron chi connectivity index (χ2n) is 6.52. The zero-order chi connectivity index (χ0) is 20.1. The van der Waals surface area contributed by atoms with Gasteiger partial charge in [-0.1, -0.05) is 12.1 Å². The topological polar surface area (TPSA) is 77.8 Å². The lowest BCUT2D eigenvalue weighted by Gasteiger charge is -2.13. The summed E-state index contributed by atoms with van der Waals surface area (Å²) >= 11 is 0. The van der Waals surface area contributed by atoms with Crippen molar-refractivity contribution in [1.82, 2.24) is 0 Å². The van der Waals surface area contributed by atoms with Gasteiger partial charge in [0.1, 0.15) is 11.3 Å². The standard InChI is InChI=1S/C22H23NO5/c1-4-26-18-8-6-17(7-9-18)23-22(25)15(3)28-21(24)12-16-13-27-20-11-14(2)5-10-19(16)20/h5-11,13,15H,4,12H2,1-3H3,(H,23,25)/t15-/m0/s1. The first-order valence-electron chi connectivity index (χ1n) is 9.16. The molecule has 0 saturated heterocycles. The molecule has 6 nitrogen and oxygen atoms in total. The van der Waals surface area contributed by atoms with Gasteiger partial charge in [-0.05, 0) is 56.7 Å². The molecule has 0 fully saturated rings. The lowest BCUT2D eigenvalue weighted by atomic mass is 10.1. The van der Waals surface area contributed by atoms with E-state index < -0.39 is 18.0 Å². The maximum atomic E-state index is 12.3. The third-order valence-corrected chi connectivity index (χ3v) is 4.26. The van der Waals surface area contributed by atoms with Crippen LogP contribution in [0.25, 0.3) is 11.0 Å². The normalized spacial score (nSPS) is 11.8. The van der Waals surface area contributed by atoms with E-state index in [2.05, 4.69) is 5.32 Å². The van der Waals surface area contributed by atoms with Crippen molar-refractivity contribution in [2.45, 2.75) is 33.3 Å². The number of carbonyl (C=O) groups excluding carboxylic acids is 2. The Bertz CT molecular complexity index is 974. The first kappa shape index (κ1) is 19.5. The van der Waals surface area contributed by atoms with Crippen molar-refractivity contribution in [3.05, 3.63) is 59.9 Å². The van der Waals surface area contributed by atoms with Crippen molar-refractivity contribution >= 4 is 28.5 Å². The number of carbonyl (C=O) groups is 2. The average molecular weight is 381 g/mol. The number of furan rings is 1. The summed E-state index contributed by atoms with van der Waals surface area (Å²) in [5.41, 5.74) is 3.14. The first-order valence-corrected chi connectivity index (χ1v) is 9.16. The molecule has 1 N–H and O–H groups in total. The van der Waals surface area contributed by atoms with Crippen LogP contribution in [-0.4, -0.2) is 24.6 Å². The van der Waals surface area contributed by atoms with Gasteiger partial charge in [0.05, 0.1) is 19.3 Å². The van der Waals surface area contributed by atoms with Gasteiger partial charge < -0.3 is 19.2 Å². The predicted molar refractivity (Wildman–Crippen MR) is 106 cm³/mol. The Balaban J connectivity index is 1.56. The Hall–Kier alpha value is -3.28. The fourth-order valence-electron chi connectivity index (χ4n) is 2.82. The van der Waals surface area contributed by atoms with Crippen LogP contribution < -0.4 is 10.1 Å². The molecular formula is C22H23NO5. The number of fused-ring (bicyclic) bond motifs is 1. The van der Waals surface area contributed by atoms with Gasteiger partial charge in [-0.3, -0.25) is 9.59 Å². The van der Waals surface area contributed by atoms with Crippen molar-refractivity contribution in [1.29, 1.82) is 0 Å². The molecule has 2 aromatic carbocycles. The van der Waals surface area contributed by atoms with Gasteiger partial charge in [0.15, 0.2) is 6.10 Å². The van der Waals surface area contributed by atoms with Crippen LogP contribution >= 0.6 is 0 Å². The number of hydrogen-bond acceptors (Lipinski definition) is 5. The first-order chi connectivity index (χ1) is 13.5. The molecule has 0 radical (unpaired) electrons. The molecule has 0 aliphatic rings. The molecule has 0 aliphatic carbocycles. The van der Waals surface area contributed by atoms with Gasteiger partial charge in [-0.2, -0.15) is 0 Å². The molecule has 6 heteroatoms. The van der Waals surface area contributed by atoms with Crippen molar-refractivity contribution in [2.24, 2.45) is 0 Å². The van der Waals surface area contributed by atoms with Crippen LogP contribution in [0.1, 0.15) is 25.0 Å². The Morgan fingerprint density at radius 3 is 2.61 bits per heavy atom. The number of hydrogen-bond donors (Lipinski definition) is 1. The summed E-state index contributed by atoms with van der Waals surface area (Å²) in [7, 11) is 0. The Labute approximate surface area is 163 Å². The number of benzene rings is 2. The van der Waals surface area contributed by atoms with Gasteiger partial charge in [0.2, 0.25) is 0 Å². The van der Waals surface area contributed by atoms with Crippen LogP contribution in [0.4, 0.5) is 5.69 Å². The Kier molecular flexibility index (Phi) is 5.99. The molecule has 0 bridgehead atoms. The third kappa shape index (κ3) is 4.71. The number of amides is 1. The van der Waals surface area contributed by atoms with E-state index in [4.69, 9.17) is 13.9 Å². The van der Waals surface area contributed by atoms with Crippen LogP contribution in [0, 0.1) is 6.92 Å². The number of rotatable bonds is 7. The van der Waals surface area contributed by atoms with Crippen molar-refractivity contribution in [2.75, 3.05) is 11.9 Å². The lowest BCUT2D eigenvalue weighted by molar-refractivity contribution is -0.152. The molecule has 1 atom stereocenters. The van der Waals surface area contributed by atoms with Crippen molar-refractivity contribution in [3.63, 3.8) is 0 Å². The minimum absolute atomic E-state index is 0.0384. The van der Waals surface area contributed by atoms with E-state index in [1.165, 1.54) is 0 Å². The summed E-state index contributed by atoms with van der Waals surface area (Å²) in [6, 6.07) is 12.8. The molecule has 0 saturated carbocycles. The molecule has 3 aromatic rings. The van der Waals surface area contributed by atoms with Crippen LogP contribution in [0.15, 0.2) is 53.1 Å². The SMILES string of the molecule is CCOc1ccc(NC(=O)[C@H](C)OC(=O)Cc2coc3cc(C)ccc23)cc1. The molecule has 1 amide bonds. The fraction of sp³-hybridized carbons (Fsp3) is 0.273. The molecule has 0 aliphatic heterocycles. The summed E-state index contributed by atoms with van der Waals surface area (Å²) in [6.07, 6.45) is 0.673. The average Bonchev–Trinajstić information content (AvgIpc) is 3.05. The largest absolute Gasteiger partial charge is 0.494 e. The quantitative estimate of drug-likeness (QED) is 0.619. The highest BCUT2D eigenvalue weighted by molar-refractivity contribution is 5.95. The second-order valence-corrected chi connectivity index (χ2v) is 6.52. The summed E-state index contributed by atoms with van der Waals surface area (Å²) in [5, 5.41) is 3.59. The Morgan fingerprint density at radius 2 is 1.89 bits per heavy atom. The zero-order valence-corrected chi connectivity index (χ0v) is 16.2. The predicted octanol–water partition coefficient (Wildman–Crippen LogP) is 4.25. The lowest BCUT2D eigenvalue weighted by Crippen LogP contribution is -2.30. The van der Waals surface area contributed by atoms with E-state index >= 15 is 0 Å². The smallest absolute Gasteiger partial charge is 0.311 e. The second kappa shape index (κ2) is 8.61. The molecule has 1 aromatic heterocycles. The third-order valence-electron chi connectivity index (χ3n) is 4.26. The number of aryl methyl sites for hydroxylation is 1. The van der Waals surface area contributed by atoms with E-state index in [1.807, 2.05) is 32.0 Å². The number of esters is 1. The van der Waals surface area contributed by atoms with E-state index in [1.54, 1.807) is 37.5 Å². The fourth-order valence-corrected chi connectivity index (χ4v) is 2.82. The summed E-state index contributed by atoms with van der Waals surface area (Å²) in [4.78, 5) is 24.5. The highest BCUT2D eigenvalue weighted by Crippen LogP contribution is 2.23. The van der Waals surface area contributed by atoms with Crippen LogP contribution in [0.5, 0.6) is 5.75 Å². The summed E-state index contributed by atoms with van der Waals surface area (Å²) < 4.78 is 16.1. The van der Waals surface area contributed by atoms with E-state index in [0.717, 1.165) is 27.8 Å². The maximum Gasteiger partial charge on any atom is 0.311 e. The van der Waals surface area contributed by atoms with Crippen molar-refractivity contribution < 1.29 is 23.5 Å². The minimum Gasteiger partial charge on any atom is -0.494 e. The molecular weight excluding hydrogens is 358 g/mol. The minimum atomic E-state index is -0.917. The molecule has 0 unspecified atom stereocenters. The van der Waals surface area contributed by atoms with Crippen molar-refractivity contribution in [3.8, 4) is 5.75 Å². The van der Waals surface area contributed by atoms with Gasteiger partial charge in [-0.15, -0.1) is 0 Å². The van der Waals surface area contributed by atoms with Crippen LogP contribution in [-0.2, 0) is 20.7 Å². The summed E-state index contributed by atoms with van der Waals surface area (Å²) in [6.45, 7) is 5.99. The van der Waals surface area contributed by atoms with Gasteiger partial charge in [-0.25, -0.2) is 0 Å². The van der Waals surface area contributed by atoms with E-state index in [0.29, 0.717) is 12.3 Å². The molecule has 3 rings (SSSR count). The number of anilines is 1. The highest BCUT2D eigenvalue weighted by atomic mass is 16.5. The van der Waals surface area contributed by atoms with E-state index in [-0.39, 0.29) is 6.42 Å². The Morgan fingerprint density at radius 1 is 1.14 bits per heavy atom. The van der Waals surface area contributed by atoms with Crippen LogP contribution in [0.3, 0.4) is 0 Å². The highest BCUT2D eigenvalue weighted by Gasteiger charge is 2.19. The molecule has 28 heavy (non-hydrogen) atoms. The van der Waals surface area contributed by atoms with Gasteiger partial charge >= 0.3 is 5.97 Å². The summed E-state index contributed by atoms with van der Waals surface area (Å²) in [5.74, 6) is -0.162. The molecule has 0 spiro atoms. The molecule has 146 valence electrons. The van der Waals surface area contributed by atoms with E-state index in [9.17, 15) is 9.59 Å². The number of ether oxygens (including phenoxy) is 2. The molecule has 1 heterocycles. The van der Waals surface area contributed by atoms with Crippen LogP contribution in [0.2, 0.25) is 0 Å². The van der Waals surface area contributed by atoms with Gasteiger partial charge in [0.25, 0.3) is 5.91 Å². The maximum absolute atomic E-state index is 12.3.